The number of allylic oxidation sites excluding steroid dienone is 1. The van der Waals surface area contributed by atoms with E-state index >= 15 is 0 Å². The second kappa shape index (κ2) is 7.46. The van der Waals surface area contributed by atoms with Gasteiger partial charge in [-0.05, 0) is 41.6 Å². The van der Waals surface area contributed by atoms with Gasteiger partial charge in [0.05, 0.1) is 0 Å². The van der Waals surface area contributed by atoms with Crippen LogP contribution in [0.5, 0.6) is 11.5 Å². The molecule has 1 aliphatic rings. The van der Waals surface area contributed by atoms with E-state index in [1.807, 2.05) is 30.3 Å². The van der Waals surface area contributed by atoms with Gasteiger partial charge in [0.1, 0.15) is 11.5 Å². The molecule has 0 fully saturated rings. The molecule has 0 spiro atoms. The van der Waals surface area contributed by atoms with Crippen molar-refractivity contribution in [3.63, 3.8) is 0 Å². The van der Waals surface area contributed by atoms with Crippen LogP contribution in [-0.4, -0.2) is 7.12 Å². The van der Waals surface area contributed by atoms with Gasteiger partial charge >= 0.3 is 7.12 Å². The van der Waals surface area contributed by atoms with Gasteiger partial charge in [-0.2, -0.15) is 0 Å². The van der Waals surface area contributed by atoms with E-state index < -0.39 is 0 Å². The summed E-state index contributed by atoms with van der Waals surface area (Å²) in [5.74, 6) is 1.67. The van der Waals surface area contributed by atoms with Crippen molar-refractivity contribution < 1.29 is 9.31 Å². The number of para-hydroxylation sites is 2. The summed E-state index contributed by atoms with van der Waals surface area (Å²) in [6, 6.07) is 18.2. The fourth-order valence-electron chi connectivity index (χ4n) is 2.31. The largest absolute Gasteiger partial charge is 0.629 e. The van der Waals surface area contributed by atoms with Gasteiger partial charge < -0.3 is 9.31 Å². The lowest BCUT2D eigenvalue weighted by Crippen LogP contribution is -2.27. The maximum absolute atomic E-state index is 5.95. The molecule has 0 bridgehead atoms. The number of unbranched alkanes of at least 4 members (excludes halogenated alkanes) is 1. The van der Waals surface area contributed by atoms with Crippen molar-refractivity contribution in [1.29, 1.82) is 0 Å². The molecule has 0 atom stereocenters. The first-order chi connectivity index (χ1) is 10.9. The molecule has 0 unspecified atom stereocenters. The van der Waals surface area contributed by atoms with E-state index in [2.05, 4.69) is 36.6 Å². The number of hydrogen-bond donors (Lipinski definition) is 0. The third-order valence-electron chi connectivity index (χ3n) is 3.53. The molecule has 112 valence electrons. The van der Waals surface area contributed by atoms with Crippen LogP contribution in [0.1, 0.15) is 26.2 Å². The predicted molar refractivity (Wildman–Crippen MR) is 93.4 cm³/mol. The summed E-state index contributed by atoms with van der Waals surface area (Å²) in [5, 5.41) is 2.18. The summed E-state index contributed by atoms with van der Waals surface area (Å²) < 4.78 is 11.9. The van der Waals surface area contributed by atoms with Gasteiger partial charge in [-0.15, -0.1) is 0 Å². The Labute approximate surface area is 136 Å². The van der Waals surface area contributed by atoms with Crippen molar-refractivity contribution in [3.05, 3.63) is 65.5 Å². The SMILES string of the molecule is CCCC/C(=C\Sc1ccccc1)B1Oc2ccccc2O1. The van der Waals surface area contributed by atoms with E-state index in [0.29, 0.717) is 0 Å². The Morgan fingerprint density at radius 1 is 1.00 bits per heavy atom. The number of hydrogen-bond acceptors (Lipinski definition) is 3. The van der Waals surface area contributed by atoms with Crippen LogP contribution in [-0.2, 0) is 0 Å². The quantitative estimate of drug-likeness (QED) is 0.529. The van der Waals surface area contributed by atoms with Gasteiger partial charge in [-0.25, -0.2) is 0 Å². The van der Waals surface area contributed by atoms with E-state index in [4.69, 9.17) is 9.31 Å². The minimum absolute atomic E-state index is 0.292. The summed E-state index contributed by atoms with van der Waals surface area (Å²) in [6.45, 7) is 2.20. The summed E-state index contributed by atoms with van der Waals surface area (Å²) >= 11 is 1.72. The van der Waals surface area contributed by atoms with Crippen molar-refractivity contribution >= 4 is 18.9 Å². The lowest BCUT2D eigenvalue weighted by Gasteiger charge is -2.09. The lowest BCUT2D eigenvalue weighted by molar-refractivity contribution is 0.507. The first-order valence-corrected chi connectivity index (χ1v) is 8.58. The molecule has 0 aliphatic carbocycles. The van der Waals surface area contributed by atoms with E-state index in [-0.39, 0.29) is 7.12 Å². The van der Waals surface area contributed by atoms with Crippen molar-refractivity contribution in [3.8, 4) is 11.5 Å². The fourth-order valence-corrected chi connectivity index (χ4v) is 3.14. The lowest BCUT2D eigenvalue weighted by atomic mass is 9.77. The standard InChI is InChI=1S/C18H19BO2S/c1-2-3-9-15(14-22-16-10-5-4-6-11-16)19-20-17-12-7-8-13-18(17)21-19/h4-8,10-14H,2-3,9H2,1H3/b15-14+. The van der Waals surface area contributed by atoms with E-state index in [0.717, 1.165) is 30.8 Å². The van der Waals surface area contributed by atoms with Gasteiger partial charge in [-0.1, -0.05) is 61.9 Å². The van der Waals surface area contributed by atoms with E-state index in [1.165, 1.54) is 10.4 Å². The van der Waals surface area contributed by atoms with Crippen LogP contribution < -0.4 is 9.31 Å². The normalized spacial score (nSPS) is 13.5. The summed E-state index contributed by atoms with van der Waals surface area (Å²) in [6.07, 6.45) is 3.29. The van der Waals surface area contributed by atoms with Gasteiger partial charge in [0.15, 0.2) is 0 Å². The van der Waals surface area contributed by atoms with Crippen LogP contribution in [0.15, 0.2) is 70.4 Å². The Bertz CT molecular complexity index is 618. The molecule has 2 aromatic rings. The minimum Gasteiger partial charge on any atom is -0.519 e. The molecular formula is C18H19BO2S. The molecule has 4 heteroatoms. The third kappa shape index (κ3) is 3.69. The highest BCUT2D eigenvalue weighted by Crippen LogP contribution is 2.36. The zero-order chi connectivity index (χ0) is 15.2. The molecule has 0 amide bonds. The maximum atomic E-state index is 5.95. The first kappa shape index (κ1) is 15.1. The molecule has 2 aromatic carbocycles. The van der Waals surface area contributed by atoms with Crippen LogP contribution in [0.3, 0.4) is 0 Å². The van der Waals surface area contributed by atoms with Gasteiger partial charge in [0.2, 0.25) is 0 Å². The minimum atomic E-state index is -0.292. The molecule has 1 aliphatic heterocycles. The van der Waals surface area contributed by atoms with Crippen LogP contribution in [0.4, 0.5) is 0 Å². The molecule has 0 saturated heterocycles. The van der Waals surface area contributed by atoms with Gasteiger partial charge in [0.25, 0.3) is 0 Å². The smallest absolute Gasteiger partial charge is 0.519 e. The molecule has 1 heterocycles. The molecule has 0 aromatic heterocycles. The van der Waals surface area contributed by atoms with Gasteiger partial charge in [0, 0.05) is 4.90 Å². The maximum Gasteiger partial charge on any atom is 0.629 e. The molecule has 3 rings (SSSR count). The van der Waals surface area contributed by atoms with Crippen LogP contribution in [0.2, 0.25) is 0 Å². The molecule has 0 N–H and O–H groups in total. The fraction of sp³-hybridized carbons (Fsp3) is 0.222. The molecule has 0 saturated carbocycles. The summed E-state index contributed by atoms with van der Waals surface area (Å²) in [7, 11) is -0.292. The third-order valence-corrected chi connectivity index (χ3v) is 4.49. The van der Waals surface area contributed by atoms with Crippen molar-refractivity contribution in [2.75, 3.05) is 0 Å². The zero-order valence-corrected chi connectivity index (χ0v) is 13.5. The zero-order valence-electron chi connectivity index (χ0n) is 12.7. The Morgan fingerprint density at radius 3 is 2.27 bits per heavy atom. The molecular weight excluding hydrogens is 291 g/mol. The highest BCUT2D eigenvalue weighted by molar-refractivity contribution is 8.02. The molecule has 2 nitrogen and oxygen atoms in total. The summed E-state index contributed by atoms with van der Waals surface area (Å²) in [5.41, 5.74) is 1.20. The topological polar surface area (TPSA) is 18.5 Å². The Hall–Kier alpha value is -1.81. The second-order valence-electron chi connectivity index (χ2n) is 5.24. The summed E-state index contributed by atoms with van der Waals surface area (Å²) in [4.78, 5) is 1.23. The monoisotopic (exact) mass is 310 g/mol. The number of fused-ring (bicyclic) bond motifs is 1. The van der Waals surface area contributed by atoms with Crippen LogP contribution in [0.25, 0.3) is 0 Å². The second-order valence-corrected chi connectivity index (χ2v) is 6.18. The van der Waals surface area contributed by atoms with Crippen LogP contribution in [0, 0.1) is 0 Å². The van der Waals surface area contributed by atoms with E-state index in [1.54, 1.807) is 11.8 Å². The molecule has 22 heavy (non-hydrogen) atoms. The Balaban J connectivity index is 1.73. The number of thioether (sulfide) groups is 1. The highest BCUT2D eigenvalue weighted by Gasteiger charge is 2.35. The van der Waals surface area contributed by atoms with Crippen molar-refractivity contribution in [2.45, 2.75) is 31.1 Å². The van der Waals surface area contributed by atoms with Gasteiger partial charge in [-0.3, -0.25) is 0 Å². The average molecular weight is 310 g/mol. The highest BCUT2D eigenvalue weighted by atomic mass is 32.2. The Morgan fingerprint density at radius 2 is 1.64 bits per heavy atom. The number of rotatable bonds is 6. The Kier molecular flexibility index (Phi) is 5.12. The van der Waals surface area contributed by atoms with E-state index in [9.17, 15) is 0 Å². The first-order valence-electron chi connectivity index (χ1n) is 7.70. The molecule has 0 radical (unpaired) electrons. The van der Waals surface area contributed by atoms with Crippen LogP contribution >= 0.6 is 11.8 Å². The predicted octanol–water partition coefficient (Wildman–Crippen LogP) is 5.35. The van der Waals surface area contributed by atoms with Crippen molar-refractivity contribution in [2.24, 2.45) is 0 Å². The van der Waals surface area contributed by atoms with Crippen molar-refractivity contribution in [1.82, 2.24) is 0 Å². The number of benzene rings is 2. The average Bonchev–Trinajstić information content (AvgIpc) is 2.99.